The molecule has 2 atom stereocenters. The van der Waals surface area contributed by atoms with Gasteiger partial charge in [0.25, 0.3) is 11.8 Å². The summed E-state index contributed by atoms with van der Waals surface area (Å²) in [6.07, 6.45) is 0.832. The Bertz CT molecular complexity index is 2440. The van der Waals surface area contributed by atoms with Gasteiger partial charge >= 0.3 is 11.9 Å². The summed E-state index contributed by atoms with van der Waals surface area (Å²) < 4.78 is 5.19. The molecule has 0 spiro atoms. The van der Waals surface area contributed by atoms with Crippen LogP contribution >= 0.6 is 45.3 Å². The Kier molecular flexibility index (Phi) is 13.4. The number of rotatable bonds is 13. The van der Waals surface area contributed by atoms with Crippen molar-refractivity contribution in [1.82, 2.24) is 9.97 Å². The van der Waals surface area contributed by atoms with Crippen LogP contribution in [-0.2, 0) is 14.3 Å². The summed E-state index contributed by atoms with van der Waals surface area (Å²) in [5.74, 6) is -2.00. The number of esters is 1. The van der Waals surface area contributed by atoms with E-state index in [2.05, 4.69) is 20.6 Å². The molecule has 8 rings (SSSR count). The molecular weight excluding hydrogens is 845 g/mol. The first-order valence-corrected chi connectivity index (χ1v) is 22.5. The number of carboxylic acid groups (broad SMARTS) is 1. The second-order valence-electron chi connectivity index (χ2n) is 14.2. The normalized spacial score (nSPS) is 18.4. The summed E-state index contributed by atoms with van der Waals surface area (Å²) in [6.45, 7) is 2.90. The lowest BCUT2D eigenvalue weighted by Gasteiger charge is -2.26. The number of carboxylic acids is 1. The second-order valence-corrected chi connectivity index (χ2v) is 17.8. The Morgan fingerprint density at radius 2 is 1.15 bits per heavy atom. The second kappa shape index (κ2) is 18.8. The van der Waals surface area contributed by atoms with Crippen molar-refractivity contribution in [1.29, 1.82) is 0 Å². The maximum absolute atomic E-state index is 12.8. The van der Waals surface area contributed by atoms with Gasteiger partial charge in [-0.3, -0.25) is 19.2 Å². The molecular formula is C42H42N6O8S4. The molecule has 2 amide bonds. The zero-order chi connectivity index (χ0) is 42.3. The summed E-state index contributed by atoms with van der Waals surface area (Å²) in [6, 6.07) is 22.5. The number of nitrogens with one attached hydrogen (secondary N) is 2. The van der Waals surface area contributed by atoms with Gasteiger partial charge in [0, 0.05) is 36.9 Å². The summed E-state index contributed by atoms with van der Waals surface area (Å²) >= 11 is 6.00. The number of para-hydroxylation sites is 4. The number of hydrogen-bond donors (Lipinski definition) is 5. The molecule has 2 aliphatic heterocycles. The average Bonchev–Trinajstić information content (AvgIpc) is 4.12. The number of hydrogen-bond acceptors (Lipinski definition) is 15. The highest BCUT2D eigenvalue weighted by Crippen LogP contribution is 2.39. The number of benzene rings is 2. The molecule has 0 aliphatic carbocycles. The van der Waals surface area contributed by atoms with E-state index in [1.54, 1.807) is 46.4 Å². The van der Waals surface area contributed by atoms with E-state index in [9.17, 15) is 34.5 Å². The van der Waals surface area contributed by atoms with Gasteiger partial charge in [-0.05, 0) is 66.9 Å². The molecule has 0 saturated carbocycles. The first-order chi connectivity index (χ1) is 29.1. The van der Waals surface area contributed by atoms with Crippen molar-refractivity contribution >= 4 is 91.8 Å². The molecule has 0 radical (unpaired) electrons. The number of aliphatic hydroxyl groups excluding tert-OH is 2. The van der Waals surface area contributed by atoms with Gasteiger partial charge in [-0.25, -0.2) is 9.97 Å². The molecule has 6 heterocycles. The van der Waals surface area contributed by atoms with Gasteiger partial charge < -0.3 is 40.5 Å². The maximum atomic E-state index is 12.8. The van der Waals surface area contributed by atoms with Crippen molar-refractivity contribution in [3.63, 3.8) is 0 Å². The Morgan fingerprint density at radius 3 is 1.57 bits per heavy atom. The number of aromatic nitrogens is 2. The highest BCUT2D eigenvalue weighted by Gasteiger charge is 2.46. The molecule has 60 heavy (non-hydrogen) atoms. The summed E-state index contributed by atoms with van der Waals surface area (Å²) in [7, 11) is 0. The van der Waals surface area contributed by atoms with Crippen LogP contribution in [0.15, 0.2) is 94.3 Å². The number of carbonyl (C=O) groups is 4. The third-order valence-corrected chi connectivity index (χ3v) is 14.2. The van der Waals surface area contributed by atoms with E-state index in [4.69, 9.17) is 4.74 Å². The van der Waals surface area contributed by atoms with Gasteiger partial charge in [0.2, 0.25) is 0 Å². The van der Waals surface area contributed by atoms with Gasteiger partial charge in [-0.1, -0.05) is 36.4 Å². The van der Waals surface area contributed by atoms with Crippen LogP contribution in [0.3, 0.4) is 0 Å². The summed E-state index contributed by atoms with van der Waals surface area (Å²) in [5.41, 5.74) is 1.32. The SMILES string of the molecule is CCOC(=O)C1(CO)CCN(c2ccccc2NC(=O)c2csc(-c3cccs3)n2)C1.O=C(Nc1ccccc1N1CCC(CO)(C(=O)O)C1)c1csc(-c2cccs2)n1. The number of ether oxygens (including phenoxy) is 1. The van der Waals surface area contributed by atoms with Crippen molar-refractivity contribution in [3.05, 3.63) is 106 Å². The van der Waals surface area contributed by atoms with E-state index in [1.165, 1.54) is 22.7 Å². The first-order valence-electron chi connectivity index (χ1n) is 19.0. The van der Waals surface area contributed by atoms with E-state index in [-0.39, 0.29) is 37.5 Å². The molecule has 18 heteroatoms. The van der Waals surface area contributed by atoms with Crippen LogP contribution in [0.4, 0.5) is 22.7 Å². The Morgan fingerprint density at radius 1 is 0.683 bits per heavy atom. The molecule has 2 saturated heterocycles. The number of aliphatic hydroxyl groups is 2. The lowest BCUT2D eigenvalue weighted by atomic mass is 9.88. The minimum Gasteiger partial charge on any atom is -0.481 e. The molecule has 2 fully saturated rings. The monoisotopic (exact) mass is 886 g/mol. The highest BCUT2D eigenvalue weighted by atomic mass is 32.1. The van der Waals surface area contributed by atoms with Crippen LogP contribution in [0.25, 0.3) is 19.8 Å². The van der Waals surface area contributed by atoms with Crippen molar-refractivity contribution < 1.29 is 39.2 Å². The molecule has 6 aromatic rings. The molecule has 14 nitrogen and oxygen atoms in total. The minimum absolute atomic E-state index is 0.185. The lowest BCUT2D eigenvalue weighted by Crippen LogP contribution is -2.39. The molecule has 5 N–H and O–H groups in total. The smallest absolute Gasteiger partial charge is 0.316 e. The number of amides is 2. The van der Waals surface area contributed by atoms with Crippen LogP contribution in [-0.4, -0.2) is 95.0 Å². The molecule has 4 aromatic heterocycles. The van der Waals surface area contributed by atoms with Crippen molar-refractivity contribution in [2.75, 3.05) is 66.4 Å². The van der Waals surface area contributed by atoms with Gasteiger partial charge in [0.15, 0.2) is 0 Å². The molecule has 312 valence electrons. The quantitative estimate of drug-likeness (QED) is 0.0730. The summed E-state index contributed by atoms with van der Waals surface area (Å²) in [4.78, 5) is 64.5. The standard InChI is InChI=1S/C22H23N3O4S2.C20H19N3O4S2/c1-2-29-21(28)22(14-26)9-10-25(13-22)17-7-4-3-6-15(17)23-19(27)16-12-31-20(24-16)18-8-5-11-30-18;24-12-20(19(26)27)7-8-23(11-20)15-5-2-1-4-13(15)21-17(25)14-10-29-18(22-14)16-6-3-9-28-16/h3-8,11-12,26H,2,9-10,13-14H2,1H3,(H,23,27);1-6,9-10,24H,7-8,11-12H2,(H,21,25)(H,26,27). The third-order valence-electron chi connectivity index (χ3n) is 10.4. The van der Waals surface area contributed by atoms with Crippen molar-refractivity contribution in [3.8, 4) is 19.8 Å². The van der Waals surface area contributed by atoms with Crippen molar-refractivity contribution in [2.24, 2.45) is 10.8 Å². The van der Waals surface area contributed by atoms with Gasteiger partial charge in [0.05, 0.1) is 52.3 Å². The van der Waals surface area contributed by atoms with Crippen LogP contribution in [0.2, 0.25) is 0 Å². The first kappa shape index (κ1) is 42.6. The van der Waals surface area contributed by atoms with E-state index in [1.807, 2.05) is 87.3 Å². The predicted molar refractivity (Wildman–Crippen MR) is 237 cm³/mol. The number of aliphatic carboxylic acids is 1. The predicted octanol–water partition coefficient (Wildman–Crippen LogP) is 7.27. The Labute approximate surface area is 361 Å². The number of thiazole rings is 2. The van der Waals surface area contributed by atoms with Gasteiger partial charge in [-0.15, -0.1) is 45.3 Å². The topological polar surface area (TPSA) is 195 Å². The molecule has 2 unspecified atom stereocenters. The zero-order valence-electron chi connectivity index (χ0n) is 32.4. The number of anilines is 4. The Balaban J connectivity index is 0.000000182. The van der Waals surface area contributed by atoms with Crippen molar-refractivity contribution in [2.45, 2.75) is 19.8 Å². The third kappa shape index (κ3) is 9.13. The van der Waals surface area contributed by atoms with Crippen LogP contribution in [0.1, 0.15) is 40.7 Å². The molecule has 0 bridgehead atoms. The van der Waals surface area contributed by atoms with E-state index in [0.717, 1.165) is 31.1 Å². The fourth-order valence-electron chi connectivity index (χ4n) is 7.04. The number of nitrogens with zero attached hydrogens (tertiary/aromatic N) is 4. The van der Waals surface area contributed by atoms with Gasteiger partial charge in [0.1, 0.15) is 32.2 Å². The van der Waals surface area contributed by atoms with E-state index in [0.29, 0.717) is 55.2 Å². The Hall–Kier alpha value is -5.50. The molecule has 2 aromatic carbocycles. The minimum atomic E-state index is -1.18. The van der Waals surface area contributed by atoms with Crippen LogP contribution in [0, 0.1) is 10.8 Å². The van der Waals surface area contributed by atoms with Crippen LogP contribution in [0.5, 0.6) is 0 Å². The number of carbonyl (C=O) groups excluding carboxylic acids is 3. The molecule has 2 aliphatic rings. The highest BCUT2D eigenvalue weighted by molar-refractivity contribution is 7.20. The fourth-order valence-corrected chi connectivity index (χ4v) is 10.3. The zero-order valence-corrected chi connectivity index (χ0v) is 35.7. The van der Waals surface area contributed by atoms with Crippen LogP contribution < -0.4 is 20.4 Å². The maximum Gasteiger partial charge on any atom is 0.316 e. The van der Waals surface area contributed by atoms with Gasteiger partial charge in [-0.2, -0.15) is 0 Å². The average molecular weight is 887 g/mol. The van der Waals surface area contributed by atoms with E-state index < -0.39 is 23.4 Å². The summed E-state index contributed by atoms with van der Waals surface area (Å²) in [5, 5.41) is 43.9. The lowest BCUT2D eigenvalue weighted by molar-refractivity contribution is -0.156. The largest absolute Gasteiger partial charge is 0.481 e. The van der Waals surface area contributed by atoms with E-state index >= 15 is 0 Å². The number of thiophene rings is 2. The fraction of sp³-hybridized carbons (Fsp3) is 0.286.